The minimum Gasteiger partial charge on any atom is -0.214 e. The summed E-state index contributed by atoms with van der Waals surface area (Å²) in [5.74, 6) is 0. The van der Waals surface area contributed by atoms with Gasteiger partial charge in [-0.15, -0.1) is 0 Å². The van der Waals surface area contributed by atoms with Crippen molar-refractivity contribution in [1.82, 2.24) is 0 Å². The predicted molar refractivity (Wildman–Crippen MR) is 46.6 cm³/mol. The molecule has 0 spiro atoms. The van der Waals surface area contributed by atoms with Gasteiger partial charge in [0.25, 0.3) is 0 Å². The molecule has 0 aromatic heterocycles. The fourth-order valence-corrected chi connectivity index (χ4v) is 0. The molecule has 0 fully saturated rings. The molecule has 0 nitrogen and oxygen atoms in total. The molecule has 0 heterocycles. The van der Waals surface area contributed by atoms with Crippen LogP contribution in [-0.4, -0.2) is 22.8 Å². The van der Waals surface area contributed by atoms with E-state index in [1.54, 1.807) is 0 Å². The highest BCUT2D eigenvalue weighted by Gasteiger charge is 2.00. The van der Waals surface area contributed by atoms with Crippen LogP contribution in [0.25, 0.3) is 0 Å². The summed E-state index contributed by atoms with van der Waals surface area (Å²) in [6.07, 6.45) is 0. The van der Waals surface area contributed by atoms with E-state index in [0.29, 0.717) is 0 Å². The molecule has 0 aromatic rings. The van der Waals surface area contributed by atoms with Crippen molar-refractivity contribution in [2.45, 2.75) is 0 Å². The van der Waals surface area contributed by atoms with E-state index in [1.165, 1.54) is 0 Å². The van der Waals surface area contributed by atoms with Crippen LogP contribution in [0.15, 0.2) is 0 Å². The van der Waals surface area contributed by atoms with E-state index >= 15 is 0 Å². The van der Waals surface area contributed by atoms with Crippen molar-refractivity contribution < 1.29 is 0 Å². The first-order valence-electron chi connectivity index (χ1n) is 1.31. The normalized spacial score (nSPS) is 6.75. The summed E-state index contributed by atoms with van der Waals surface area (Å²) < 4.78 is 0. The lowest BCUT2D eigenvalue weighted by molar-refractivity contribution is 4.07. The number of rotatable bonds is 0. The maximum Gasteiger partial charge on any atom is 0.643 e. The molecule has 0 saturated heterocycles. The molecule has 0 atom stereocenters. The van der Waals surface area contributed by atoms with Gasteiger partial charge in [-0.05, 0) is 0 Å². The first kappa shape index (κ1) is 13.4. The van der Waals surface area contributed by atoms with Crippen molar-refractivity contribution in [2.24, 2.45) is 0 Å². The van der Waals surface area contributed by atoms with E-state index < -0.39 is 22.8 Å². The molecule has 48 valence electrons. The molecule has 0 N–H and O–H groups in total. The standard InChI is InChI=1S/2Al.6ClH/h;;6*1H/q2*+3;;;;;;/p-6. The van der Waals surface area contributed by atoms with E-state index in [9.17, 15) is 0 Å². The van der Waals surface area contributed by atoms with Gasteiger partial charge in [0.1, 0.15) is 0 Å². The molecule has 8 heavy (non-hydrogen) atoms. The number of hydrogen-bond donors (Lipinski definition) is 0. The second-order valence-electron chi connectivity index (χ2n) is 0.495. The van der Waals surface area contributed by atoms with Gasteiger partial charge in [-0.1, -0.05) is 0 Å². The summed E-state index contributed by atoms with van der Waals surface area (Å²) in [5.41, 5.74) is 0. The maximum absolute atomic E-state index is 4.94. The van der Waals surface area contributed by atoms with Gasteiger partial charge in [0.15, 0.2) is 0 Å². The van der Waals surface area contributed by atoms with Gasteiger partial charge in [0, 0.05) is 0 Å². The molecule has 0 aliphatic heterocycles. The zero-order valence-corrected chi connectivity index (χ0v) is 10.3. The predicted octanol–water partition coefficient (Wildman–Crippen LogP) is 3.38. The minimum atomic E-state index is -1.72. The first-order chi connectivity index (χ1) is 3.46. The number of hydrogen-bond acceptors (Lipinski definition) is 0. The van der Waals surface area contributed by atoms with Crippen LogP contribution in [0.5, 0.6) is 0 Å². The number of halogens is 6. The molecule has 0 aliphatic rings. The van der Waals surface area contributed by atoms with Gasteiger partial charge in [-0.2, -0.15) is 0 Å². The third-order valence-electron chi connectivity index (χ3n) is 0. The average molecular weight is 267 g/mol. The van der Waals surface area contributed by atoms with Crippen LogP contribution in [0.1, 0.15) is 0 Å². The SMILES string of the molecule is [Cl][Al]([Cl])[Cl].[Cl][Al]([Cl])[Cl]. The van der Waals surface area contributed by atoms with Crippen LogP contribution in [0.4, 0.5) is 0 Å². The Balaban J connectivity index is 0. The monoisotopic (exact) mass is 264 g/mol. The van der Waals surface area contributed by atoms with E-state index in [2.05, 4.69) is 0 Å². The Hall–Kier alpha value is 2.80. The average Bonchev–Trinajstić information content (AvgIpc) is 1.25. The Morgan fingerprint density at radius 2 is 0.500 bits per heavy atom. The summed E-state index contributed by atoms with van der Waals surface area (Å²) in [4.78, 5) is 0. The third kappa shape index (κ3) is 68.2. The van der Waals surface area contributed by atoms with Gasteiger partial charge in [0.05, 0.1) is 0 Å². The van der Waals surface area contributed by atoms with Crippen LogP contribution in [-0.2, 0) is 0 Å². The van der Waals surface area contributed by atoms with E-state index in [0.717, 1.165) is 0 Å². The highest BCUT2D eigenvalue weighted by molar-refractivity contribution is 7.54. The van der Waals surface area contributed by atoms with Crippen molar-refractivity contribution in [3.05, 3.63) is 0 Å². The van der Waals surface area contributed by atoms with Crippen LogP contribution in [0, 0.1) is 0 Å². The molecule has 0 radical (unpaired) electrons. The van der Waals surface area contributed by atoms with Gasteiger partial charge in [-0.3, -0.25) is 0 Å². The fraction of sp³-hybridized carbons (Fsp3) is 0. The maximum atomic E-state index is 4.94. The summed E-state index contributed by atoms with van der Waals surface area (Å²) in [7, 11) is 29.7. The Morgan fingerprint density at radius 3 is 0.500 bits per heavy atom. The van der Waals surface area contributed by atoms with E-state index in [4.69, 9.17) is 60.3 Å². The van der Waals surface area contributed by atoms with Gasteiger partial charge < -0.3 is 0 Å². The van der Waals surface area contributed by atoms with Crippen LogP contribution in [0.3, 0.4) is 0 Å². The highest BCUT2D eigenvalue weighted by Crippen LogP contribution is 1.97. The van der Waals surface area contributed by atoms with Crippen LogP contribution >= 0.6 is 60.3 Å². The molecule has 0 amide bonds. The molecule has 0 bridgehead atoms. The van der Waals surface area contributed by atoms with Crippen molar-refractivity contribution in [2.75, 3.05) is 0 Å². The Bertz CT molecular complexity index is 22.0. The third-order valence-corrected chi connectivity index (χ3v) is 0. The smallest absolute Gasteiger partial charge is 0.214 e. The lowest BCUT2D eigenvalue weighted by atomic mass is 26.6. The zero-order valence-electron chi connectivity index (χ0n) is 3.42. The molecule has 0 unspecified atom stereocenters. The lowest BCUT2D eigenvalue weighted by Crippen LogP contribution is -1.66. The van der Waals surface area contributed by atoms with Gasteiger partial charge in [-0.25, -0.2) is 60.3 Å². The second kappa shape index (κ2) is 9.80. The summed E-state index contributed by atoms with van der Waals surface area (Å²) in [6, 6.07) is 0. The topological polar surface area (TPSA) is 0 Å². The van der Waals surface area contributed by atoms with Crippen molar-refractivity contribution in [3.8, 4) is 0 Å². The summed E-state index contributed by atoms with van der Waals surface area (Å²) in [6.45, 7) is 0. The molecule has 0 rings (SSSR count). The molecule has 0 saturated carbocycles. The lowest BCUT2D eigenvalue weighted by Gasteiger charge is -1.57. The van der Waals surface area contributed by atoms with Crippen molar-refractivity contribution >= 4 is 83.1 Å². The van der Waals surface area contributed by atoms with Gasteiger partial charge in [0.2, 0.25) is 0 Å². The molecular weight excluding hydrogens is 267 g/mol. The quantitative estimate of drug-likeness (QED) is 0.590. The Labute approximate surface area is 81.9 Å². The summed E-state index contributed by atoms with van der Waals surface area (Å²) in [5, 5.41) is 0. The molecule has 0 aliphatic carbocycles. The van der Waals surface area contributed by atoms with Crippen molar-refractivity contribution in [1.29, 1.82) is 0 Å². The molecule has 8 heteroatoms. The molecule has 0 aromatic carbocycles. The van der Waals surface area contributed by atoms with Crippen LogP contribution < -0.4 is 0 Å². The van der Waals surface area contributed by atoms with E-state index in [1.807, 2.05) is 0 Å². The van der Waals surface area contributed by atoms with Gasteiger partial charge >= 0.3 is 22.8 Å². The first-order valence-corrected chi connectivity index (χ1v) is 11.8. The van der Waals surface area contributed by atoms with Crippen LogP contribution in [0.2, 0.25) is 0 Å². The van der Waals surface area contributed by atoms with E-state index in [-0.39, 0.29) is 0 Å². The molecular formula is Al2Cl6. The minimum absolute atomic E-state index is 1.72. The fourth-order valence-electron chi connectivity index (χ4n) is 0. The Morgan fingerprint density at radius 1 is 0.500 bits per heavy atom. The Kier molecular flexibility index (Phi) is 16.4. The zero-order chi connectivity index (χ0) is 7.15. The summed E-state index contributed by atoms with van der Waals surface area (Å²) >= 11 is -3.44. The van der Waals surface area contributed by atoms with Crippen molar-refractivity contribution in [3.63, 3.8) is 0 Å². The largest absolute Gasteiger partial charge is 0.643 e. The second-order valence-corrected chi connectivity index (χ2v) is 13.4. The highest BCUT2D eigenvalue weighted by atomic mass is 35.8.